The van der Waals surface area contributed by atoms with Crippen LogP contribution in [0, 0.1) is 11.3 Å². The lowest BCUT2D eigenvalue weighted by atomic mass is 10.2. The molecule has 0 atom stereocenters. The van der Waals surface area contributed by atoms with Crippen molar-refractivity contribution < 1.29 is 18.0 Å². The maximum absolute atomic E-state index is 13.0. The topological polar surface area (TPSA) is 64.9 Å². The first kappa shape index (κ1) is 23.3. The molecule has 3 rings (SSSR count). The number of rotatable bonds is 6. The van der Waals surface area contributed by atoms with Crippen LogP contribution in [0.1, 0.15) is 5.56 Å². The first-order valence-corrected chi connectivity index (χ1v) is 10.3. The van der Waals surface area contributed by atoms with Gasteiger partial charge >= 0.3 is 6.18 Å². The third-order valence-electron chi connectivity index (χ3n) is 4.12. The Morgan fingerprint density at radius 3 is 2.41 bits per heavy atom. The number of amides is 1. The molecule has 3 aromatic rings. The van der Waals surface area contributed by atoms with Gasteiger partial charge in [-0.1, -0.05) is 53.7 Å². The number of anilines is 2. The van der Waals surface area contributed by atoms with Gasteiger partial charge in [0, 0.05) is 21.7 Å². The van der Waals surface area contributed by atoms with Crippen molar-refractivity contribution in [1.29, 1.82) is 5.26 Å². The number of nitriles is 1. The minimum atomic E-state index is -4.67. The van der Waals surface area contributed by atoms with Crippen molar-refractivity contribution in [1.82, 2.24) is 0 Å². The van der Waals surface area contributed by atoms with E-state index in [1.807, 2.05) is 42.5 Å². The number of benzene rings is 3. The van der Waals surface area contributed by atoms with Gasteiger partial charge in [-0.15, -0.1) is 0 Å². The number of halogens is 4. The van der Waals surface area contributed by atoms with Gasteiger partial charge in [0.15, 0.2) is 0 Å². The monoisotopic (exact) mass is 473 g/mol. The highest BCUT2D eigenvalue weighted by Crippen LogP contribution is 2.36. The van der Waals surface area contributed by atoms with Gasteiger partial charge in [0.25, 0.3) is 5.91 Å². The molecule has 4 nitrogen and oxygen atoms in total. The van der Waals surface area contributed by atoms with Crippen LogP contribution in [0.15, 0.2) is 94.4 Å². The Hall–Kier alpha value is -3.41. The lowest BCUT2D eigenvalue weighted by Crippen LogP contribution is -2.15. The third kappa shape index (κ3) is 6.06. The van der Waals surface area contributed by atoms with Gasteiger partial charge in [0.2, 0.25) is 0 Å². The smallest absolute Gasteiger partial charge is 0.359 e. The Balaban J connectivity index is 1.76. The number of nitrogens with zero attached hydrogens (tertiary/aromatic N) is 1. The van der Waals surface area contributed by atoms with Gasteiger partial charge < -0.3 is 10.6 Å². The maximum atomic E-state index is 13.0. The number of carbonyl (C=O) groups is 1. The predicted octanol–water partition coefficient (Wildman–Crippen LogP) is 6.97. The van der Waals surface area contributed by atoms with E-state index in [9.17, 15) is 23.2 Å². The van der Waals surface area contributed by atoms with Gasteiger partial charge in [0.1, 0.15) is 11.6 Å². The van der Waals surface area contributed by atoms with E-state index < -0.39 is 22.7 Å². The van der Waals surface area contributed by atoms with E-state index in [-0.39, 0.29) is 11.3 Å². The first-order chi connectivity index (χ1) is 15.3. The molecule has 0 aromatic heterocycles. The highest BCUT2D eigenvalue weighted by Gasteiger charge is 2.33. The molecule has 9 heteroatoms. The van der Waals surface area contributed by atoms with Crippen LogP contribution in [-0.2, 0) is 11.0 Å². The Morgan fingerprint density at radius 2 is 1.72 bits per heavy atom. The third-order valence-corrected chi connectivity index (χ3v) is 5.54. The second kappa shape index (κ2) is 10.3. The van der Waals surface area contributed by atoms with Crippen LogP contribution in [0.25, 0.3) is 0 Å². The van der Waals surface area contributed by atoms with E-state index in [4.69, 9.17) is 11.6 Å². The number of carbonyl (C=O) groups excluding carboxylic acids is 1. The first-order valence-electron chi connectivity index (χ1n) is 9.15. The van der Waals surface area contributed by atoms with Gasteiger partial charge in [-0.05, 0) is 42.5 Å². The molecular weight excluding hydrogens is 459 g/mol. The molecule has 0 saturated carbocycles. The molecule has 0 spiro atoms. The minimum absolute atomic E-state index is 0.132. The maximum Gasteiger partial charge on any atom is 0.417 e. The lowest BCUT2D eigenvalue weighted by molar-refractivity contribution is -0.137. The lowest BCUT2D eigenvalue weighted by Gasteiger charge is -2.12. The summed E-state index contributed by atoms with van der Waals surface area (Å²) in [6.07, 6.45) is -3.46. The normalized spacial score (nSPS) is 11.5. The molecule has 0 radical (unpaired) electrons. The fraction of sp³-hybridized carbons (Fsp3) is 0.0435. The van der Waals surface area contributed by atoms with Crippen molar-refractivity contribution in [2.45, 2.75) is 16.0 Å². The molecular formula is C23H15ClF3N3OS. The van der Waals surface area contributed by atoms with E-state index in [1.165, 1.54) is 24.0 Å². The summed E-state index contributed by atoms with van der Waals surface area (Å²) in [6, 6.07) is 21.7. The van der Waals surface area contributed by atoms with Gasteiger partial charge in [0.05, 0.1) is 16.3 Å². The largest absolute Gasteiger partial charge is 0.417 e. The molecule has 0 fully saturated rings. The Kier molecular flexibility index (Phi) is 7.46. The van der Waals surface area contributed by atoms with Crippen LogP contribution in [0.2, 0.25) is 5.02 Å². The van der Waals surface area contributed by atoms with Crippen LogP contribution in [0.3, 0.4) is 0 Å². The molecule has 3 aromatic carbocycles. The van der Waals surface area contributed by atoms with Crippen molar-refractivity contribution in [3.05, 3.63) is 95.2 Å². The number of alkyl halides is 3. The van der Waals surface area contributed by atoms with Crippen molar-refractivity contribution in [3.8, 4) is 6.07 Å². The Morgan fingerprint density at radius 1 is 1.03 bits per heavy atom. The molecule has 0 unspecified atom stereocenters. The van der Waals surface area contributed by atoms with E-state index in [0.29, 0.717) is 11.8 Å². The number of para-hydroxylation sites is 1. The highest BCUT2D eigenvalue weighted by atomic mass is 35.5. The zero-order chi connectivity index (χ0) is 23.1. The summed E-state index contributed by atoms with van der Waals surface area (Å²) >= 11 is 7.08. The van der Waals surface area contributed by atoms with Crippen molar-refractivity contribution in [2.24, 2.45) is 0 Å². The van der Waals surface area contributed by atoms with Gasteiger partial charge in [-0.3, -0.25) is 4.79 Å². The summed E-state index contributed by atoms with van der Waals surface area (Å²) in [5.41, 5.74) is -0.863. The fourth-order valence-corrected chi connectivity index (χ4v) is 3.76. The molecule has 32 heavy (non-hydrogen) atoms. The molecule has 0 aliphatic rings. The molecule has 0 heterocycles. The SMILES string of the molecule is N#C/C(=C/Nc1ccccc1Sc1ccccc1)C(=O)Nc1ccc(Cl)c(C(F)(F)F)c1. The number of hydrogen-bond acceptors (Lipinski definition) is 4. The average molecular weight is 474 g/mol. The van der Waals surface area contributed by atoms with Crippen LogP contribution < -0.4 is 10.6 Å². The molecule has 0 bridgehead atoms. The van der Waals surface area contributed by atoms with Crippen molar-refractivity contribution in [2.75, 3.05) is 10.6 Å². The predicted molar refractivity (Wildman–Crippen MR) is 119 cm³/mol. The number of hydrogen-bond donors (Lipinski definition) is 2. The summed E-state index contributed by atoms with van der Waals surface area (Å²) in [5, 5.41) is 14.1. The summed E-state index contributed by atoms with van der Waals surface area (Å²) < 4.78 is 39.1. The zero-order valence-corrected chi connectivity index (χ0v) is 17.9. The van der Waals surface area contributed by atoms with E-state index in [1.54, 1.807) is 18.2 Å². The summed E-state index contributed by atoms with van der Waals surface area (Å²) in [6.45, 7) is 0. The summed E-state index contributed by atoms with van der Waals surface area (Å²) in [5.74, 6) is -0.858. The number of nitrogens with one attached hydrogen (secondary N) is 2. The molecule has 2 N–H and O–H groups in total. The van der Waals surface area contributed by atoms with Gasteiger partial charge in [-0.25, -0.2) is 0 Å². The molecule has 1 amide bonds. The quantitative estimate of drug-likeness (QED) is 0.300. The van der Waals surface area contributed by atoms with Crippen molar-refractivity contribution >= 4 is 40.6 Å². The molecule has 0 aliphatic carbocycles. The van der Waals surface area contributed by atoms with Crippen LogP contribution in [0.5, 0.6) is 0 Å². The van der Waals surface area contributed by atoms with Gasteiger partial charge in [-0.2, -0.15) is 18.4 Å². The highest BCUT2D eigenvalue weighted by molar-refractivity contribution is 7.99. The average Bonchev–Trinajstić information content (AvgIpc) is 2.76. The second-order valence-electron chi connectivity index (χ2n) is 6.37. The van der Waals surface area contributed by atoms with E-state index in [0.717, 1.165) is 15.9 Å². The Labute approximate surface area is 191 Å². The molecule has 0 aliphatic heterocycles. The minimum Gasteiger partial charge on any atom is -0.359 e. The van der Waals surface area contributed by atoms with E-state index in [2.05, 4.69) is 10.6 Å². The second-order valence-corrected chi connectivity index (χ2v) is 7.89. The summed E-state index contributed by atoms with van der Waals surface area (Å²) in [4.78, 5) is 14.3. The fourth-order valence-electron chi connectivity index (χ4n) is 2.61. The van der Waals surface area contributed by atoms with Crippen molar-refractivity contribution in [3.63, 3.8) is 0 Å². The molecule has 162 valence electrons. The Bertz CT molecular complexity index is 1190. The van der Waals surface area contributed by atoms with Crippen LogP contribution >= 0.6 is 23.4 Å². The van der Waals surface area contributed by atoms with Crippen LogP contribution in [0.4, 0.5) is 24.5 Å². The molecule has 0 saturated heterocycles. The van der Waals surface area contributed by atoms with Crippen LogP contribution in [-0.4, -0.2) is 5.91 Å². The zero-order valence-electron chi connectivity index (χ0n) is 16.3. The standard InChI is InChI=1S/C23H15ClF3N3OS/c24-19-11-10-16(12-18(19)23(25,26)27)30-22(31)15(13-28)14-29-20-8-4-5-9-21(20)32-17-6-2-1-3-7-17/h1-12,14,29H,(H,30,31)/b15-14-. The summed E-state index contributed by atoms with van der Waals surface area (Å²) in [7, 11) is 0. The van der Waals surface area contributed by atoms with E-state index >= 15 is 0 Å².